The molecule has 0 aromatic heterocycles. The van der Waals surface area contributed by atoms with Crippen molar-refractivity contribution in [2.45, 2.75) is 19.3 Å². The fraction of sp³-hybridized carbons (Fsp3) is 0.538. The number of nitrogens with zero attached hydrogens (tertiary/aromatic N) is 1. The topological polar surface area (TPSA) is 24.5 Å². The van der Waals surface area contributed by atoms with Gasteiger partial charge in [-0.1, -0.05) is 25.1 Å². The van der Waals surface area contributed by atoms with E-state index in [9.17, 15) is 13.2 Å². The number of likely N-dealkylation sites (N-methyl/N-ethyl adjacent to an activating group) is 2. The molecule has 3 nitrogen and oxygen atoms in total. The van der Waals surface area contributed by atoms with Crippen LogP contribution in [0.5, 0.6) is 5.75 Å². The van der Waals surface area contributed by atoms with Crippen molar-refractivity contribution in [2.75, 3.05) is 27.2 Å². The van der Waals surface area contributed by atoms with Gasteiger partial charge >= 0.3 is 6.36 Å². The molecule has 19 heavy (non-hydrogen) atoms. The first-order valence-electron chi connectivity index (χ1n) is 6.06. The second-order valence-electron chi connectivity index (χ2n) is 4.46. The van der Waals surface area contributed by atoms with Gasteiger partial charge < -0.3 is 15.0 Å². The lowest BCUT2D eigenvalue weighted by atomic mass is 10.1. The monoisotopic (exact) mass is 276 g/mol. The summed E-state index contributed by atoms with van der Waals surface area (Å²) in [5.74, 6) is -0.150. The number of halogens is 3. The van der Waals surface area contributed by atoms with E-state index in [1.54, 1.807) is 12.1 Å². The summed E-state index contributed by atoms with van der Waals surface area (Å²) >= 11 is 0. The van der Waals surface area contributed by atoms with Crippen LogP contribution in [0.3, 0.4) is 0 Å². The molecule has 1 aromatic carbocycles. The molecular weight excluding hydrogens is 257 g/mol. The summed E-state index contributed by atoms with van der Waals surface area (Å²) in [7, 11) is 3.75. The van der Waals surface area contributed by atoms with Crippen LogP contribution in [-0.4, -0.2) is 38.4 Å². The quantitative estimate of drug-likeness (QED) is 0.864. The second kappa shape index (κ2) is 6.77. The summed E-state index contributed by atoms with van der Waals surface area (Å²) in [6, 6.07) is 6.02. The average molecular weight is 276 g/mol. The number of nitrogens with one attached hydrogen (secondary N) is 1. The Hall–Kier alpha value is -1.27. The smallest absolute Gasteiger partial charge is 0.405 e. The molecule has 0 saturated heterocycles. The highest BCUT2D eigenvalue weighted by molar-refractivity contribution is 5.36. The largest absolute Gasteiger partial charge is 0.573 e. The van der Waals surface area contributed by atoms with Crippen LogP contribution in [0.4, 0.5) is 13.2 Å². The van der Waals surface area contributed by atoms with E-state index in [-0.39, 0.29) is 11.8 Å². The highest BCUT2D eigenvalue weighted by Gasteiger charge is 2.32. The summed E-state index contributed by atoms with van der Waals surface area (Å²) in [6.07, 6.45) is -4.68. The Morgan fingerprint density at radius 1 is 1.26 bits per heavy atom. The summed E-state index contributed by atoms with van der Waals surface area (Å²) in [5, 5.41) is 3.17. The molecule has 6 heteroatoms. The number of hydrogen-bond donors (Lipinski definition) is 1. The molecule has 1 unspecified atom stereocenters. The molecular formula is C13H19F3N2O. The Morgan fingerprint density at radius 3 is 2.42 bits per heavy atom. The molecule has 0 bridgehead atoms. The number of benzene rings is 1. The molecule has 0 saturated carbocycles. The van der Waals surface area contributed by atoms with E-state index in [2.05, 4.69) is 10.1 Å². The zero-order chi connectivity index (χ0) is 14.5. The molecule has 108 valence electrons. The lowest BCUT2D eigenvalue weighted by Crippen LogP contribution is -2.32. The molecule has 0 radical (unpaired) electrons. The van der Waals surface area contributed by atoms with E-state index in [0.717, 1.165) is 0 Å². The summed E-state index contributed by atoms with van der Waals surface area (Å²) in [5.41, 5.74) is 0.510. The van der Waals surface area contributed by atoms with Gasteiger partial charge in [-0.25, -0.2) is 0 Å². The first kappa shape index (κ1) is 15.8. The maximum absolute atomic E-state index is 12.4. The van der Waals surface area contributed by atoms with Crippen LogP contribution in [0.2, 0.25) is 0 Å². The SMILES string of the molecule is CCNC(CN(C)C)c1ccccc1OC(F)(F)F. The van der Waals surface area contributed by atoms with Crippen LogP contribution < -0.4 is 10.1 Å². The predicted molar refractivity (Wildman–Crippen MR) is 68.1 cm³/mol. The Bertz CT molecular complexity index is 394. The molecule has 0 spiro atoms. The van der Waals surface area contributed by atoms with Gasteiger partial charge in [0.05, 0.1) is 0 Å². The van der Waals surface area contributed by atoms with E-state index in [0.29, 0.717) is 18.7 Å². The van der Waals surface area contributed by atoms with Gasteiger partial charge in [-0.3, -0.25) is 0 Å². The van der Waals surface area contributed by atoms with E-state index < -0.39 is 6.36 Å². The third-order valence-corrected chi connectivity index (χ3v) is 2.52. The van der Waals surface area contributed by atoms with Crippen molar-refractivity contribution in [1.82, 2.24) is 10.2 Å². The van der Waals surface area contributed by atoms with Crippen molar-refractivity contribution < 1.29 is 17.9 Å². The highest BCUT2D eigenvalue weighted by Crippen LogP contribution is 2.30. The van der Waals surface area contributed by atoms with Crippen molar-refractivity contribution in [3.05, 3.63) is 29.8 Å². The van der Waals surface area contributed by atoms with E-state index >= 15 is 0 Å². The van der Waals surface area contributed by atoms with Crippen LogP contribution in [0.25, 0.3) is 0 Å². The number of ether oxygens (including phenoxy) is 1. The maximum Gasteiger partial charge on any atom is 0.573 e. The van der Waals surface area contributed by atoms with Gasteiger partial charge in [0, 0.05) is 18.2 Å². The van der Waals surface area contributed by atoms with E-state index in [1.807, 2.05) is 25.9 Å². The minimum atomic E-state index is -4.68. The minimum absolute atomic E-state index is 0.150. The Balaban J connectivity index is 3.01. The zero-order valence-electron chi connectivity index (χ0n) is 11.3. The van der Waals surface area contributed by atoms with Crippen molar-refractivity contribution in [3.8, 4) is 5.75 Å². The molecule has 1 aromatic rings. The fourth-order valence-electron chi connectivity index (χ4n) is 1.87. The Morgan fingerprint density at radius 2 is 1.89 bits per heavy atom. The first-order chi connectivity index (χ1) is 8.83. The molecule has 0 fully saturated rings. The third kappa shape index (κ3) is 5.48. The number of rotatable bonds is 6. The number of alkyl halides is 3. The molecule has 0 aliphatic heterocycles. The van der Waals surface area contributed by atoms with Gasteiger partial charge in [0.1, 0.15) is 5.75 Å². The molecule has 1 atom stereocenters. The van der Waals surface area contributed by atoms with E-state index in [4.69, 9.17) is 0 Å². The number of para-hydroxylation sites is 1. The van der Waals surface area contributed by atoms with Gasteiger partial charge in [0.15, 0.2) is 0 Å². The standard InChI is InChI=1S/C13H19F3N2O/c1-4-17-11(9-18(2)3)10-7-5-6-8-12(10)19-13(14,15)16/h5-8,11,17H,4,9H2,1-3H3. The molecule has 1 rings (SSSR count). The van der Waals surface area contributed by atoms with Gasteiger partial charge in [-0.15, -0.1) is 13.2 Å². The van der Waals surface area contributed by atoms with Crippen molar-refractivity contribution in [3.63, 3.8) is 0 Å². The van der Waals surface area contributed by atoms with Crippen LogP contribution in [-0.2, 0) is 0 Å². The zero-order valence-corrected chi connectivity index (χ0v) is 11.3. The molecule has 1 N–H and O–H groups in total. The van der Waals surface area contributed by atoms with Gasteiger partial charge in [0.2, 0.25) is 0 Å². The molecule has 0 aliphatic carbocycles. The first-order valence-corrected chi connectivity index (χ1v) is 6.06. The minimum Gasteiger partial charge on any atom is -0.405 e. The molecule has 0 aliphatic rings. The Kier molecular flexibility index (Phi) is 5.62. The maximum atomic E-state index is 12.4. The lowest BCUT2D eigenvalue weighted by molar-refractivity contribution is -0.275. The van der Waals surface area contributed by atoms with Crippen LogP contribution in [0, 0.1) is 0 Å². The predicted octanol–water partition coefficient (Wildman–Crippen LogP) is 2.80. The molecule has 0 amide bonds. The van der Waals surface area contributed by atoms with Crippen molar-refractivity contribution in [1.29, 1.82) is 0 Å². The van der Waals surface area contributed by atoms with Crippen molar-refractivity contribution in [2.24, 2.45) is 0 Å². The third-order valence-electron chi connectivity index (χ3n) is 2.52. The van der Waals surface area contributed by atoms with E-state index in [1.165, 1.54) is 12.1 Å². The van der Waals surface area contributed by atoms with Crippen molar-refractivity contribution >= 4 is 0 Å². The van der Waals surface area contributed by atoms with Crippen LogP contribution in [0.15, 0.2) is 24.3 Å². The lowest BCUT2D eigenvalue weighted by Gasteiger charge is -2.24. The van der Waals surface area contributed by atoms with Gasteiger partial charge in [-0.2, -0.15) is 0 Å². The fourth-order valence-corrected chi connectivity index (χ4v) is 1.87. The van der Waals surface area contributed by atoms with Gasteiger partial charge in [-0.05, 0) is 26.7 Å². The normalized spacial score (nSPS) is 13.6. The summed E-state index contributed by atoms with van der Waals surface area (Å²) in [4.78, 5) is 1.91. The van der Waals surface area contributed by atoms with Crippen LogP contribution in [0.1, 0.15) is 18.5 Å². The van der Waals surface area contributed by atoms with Crippen LogP contribution >= 0.6 is 0 Å². The Labute approximate surface area is 111 Å². The average Bonchev–Trinajstić information content (AvgIpc) is 2.26. The summed E-state index contributed by atoms with van der Waals surface area (Å²) in [6.45, 7) is 3.17. The number of hydrogen-bond acceptors (Lipinski definition) is 3. The molecule has 0 heterocycles. The summed E-state index contributed by atoms with van der Waals surface area (Å²) < 4.78 is 41.2. The second-order valence-corrected chi connectivity index (χ2v) is 4.46. The highest BCUT2D eigenvalue weighted by atomic mass is 19.4. The van der Waals surface area contributed by atoms with Gasteiger partial charge in [0.25, 0.3) is 0 Å².